The molecule has 0 saturated heterocycles. The number of hydrogen-bond acceptors (Lipinski definition) is 3. The van der Waals surface area contributed by atoms with Crippen LogP contribution in [0.4, 0.5) is 0 Å². The van der Waals surface area contributed by atoms with Gasteiger partial charge in [-0.05, 0) is 17.5 Å². The molecule has 0 fully saturated rings. The molecule has 0 spiro atoms. The maximum Gasteiger partial charge on any atom is 0.258 e. The Morgan fingerprint density at radius 2 is 2.05 bits per heavy atom. The molecule has 2 rings (SSSR count). The normalized spacial score (nSPS) is 10.6. The number of carbonyl (C=O) groups excluding carboxylic acids is 1. The number of nitrogens with zero attached hydrogens (tertiary/aromatic N) is 1. The number of carbonyl (C=O) groups is 1. The molecule has 0 aliphatic rings. The molecule has 5 nitrogen and oxygen atoms in total. The minimum atomic E-state index is -0.0921. The van der Waals surface area contributed by atoms with Crippen molar-refractivity contribution in [2.24, 2.45) is 5.73 Å². The van der Waals surface area contributed by atoms with Gasteiger partial charge in [-0.25, -0.2) is 0 Å². The predicted octanol–water partition coefficient (Wildman–Crippen LogP) is 0.466. The lowest BCUT2D eigenvalue weighted by molar-refractivity contribution is -0.121. The summed E-state index contributed by atoms with van der Waals surface area (Å²) in [4.78, 5) is 23.6. The Morgan fingerprint density at radius 3 is 2.84 bits per heavy atom. The van der Waals surface area contributed by atoms with Gasteiger partial charge in [-0.3, -0.25) is 9.59 Å². The highest BCUT2D eigenvalue weighted by Gasteiger charge is 2.04. The minimum Gasteiger partial charge on any atom is -0.355 e. The fraction of sp³-hybridized carbons (Fsp3) is 0.286. The Hall–Kier alpha value is -2.14. The number of nitrogens with two attached hydrogens (primary N) is 1. The Balaban J connectivity index is 2.11. The van der Waals surface area contributed by atoms with Crippen LogP contribution in [0.2, 0.25) is 0 Å². The van der Waals surface area contributed by atoms with Crippen LogP contribution in [-0.4, -0.2) is 23.6 Å². The third-order valence-corrected chi connectivity index (χ3v) is 2.93. The molecule has 100 valence electrons. The van der Waals surface area contributed by atoms with Crippen LogP contribution >= 0.6 is 0 Å². The number of aryl methyl sites for hydroxylation is 1. The van der Waals surface area contributed by atoms with Gasteiger partial charge >= 0.3 is 0 Å². The van der Waals surface area contributed by atoms with E-state index in [9.17, 15) is 9.59 Å². The molecule has 1 aromatic heterocycles. The van der Waals surface area contributed by atoms with Crippen LogP contribution in [0.3, 0.4) is 0 Å². The van der Waals surface area contributed by atoms with Gasteiger partial charge in [0.15, 0.2) is 0 Å². The fourth-order valence-corrected chi connectivity index (χ4v) is 1.93. The van der Waals surface area contributed by atoms with Crippen LogP contribution in [-0.2, 0) is 11.3 Å². The van der Waals surface area contributed by atoms with Crippen LogP contribution in [0.25, 0.3) is 10.8 Å². The van der Waals surface area contributed by atoms with Crippen molar-refractivity contribution < 1.29 is 4.79 Å². The second-order valence-electron chi connectivity index (χ2n) is 4.29. The number of fused-ring (bicyclic) bond motifs is 1. The average molecular weight is 259 g/mol. The molecule has 0 aliphatic carbocycles. The Bertz CT molecular complexity index is 634. The largest absolute Gasteiger partial charge is 0.355 e. The van der Waals surface area contributed by atoms with Gasteiger partial charge in [0.2, 0.25) is 5.91 Å². The SMILES string of the molecule is NCCNC(=O)CCn1ccc2ccccc2c1=O. The van der Waals surface area contributed by atoms with Gasteiger partial charge in [0.1, 0.15) is 0 Å². The third kappa shape index (κ3) is 3.20. The molecule has 0 radical (unpaired) electrons. The van der Waals surface area contributed by atoms with E-state index >= 15 is 0 Å². The van der Waals surface area contributed by atoms with E-state index < -0.39 is 0 Å². The standard InChI is InChI=1S/C14H17N3O2/c15-7-8-16-13(18)6-10-17-9-5-11-3-1-2-4-12(11)14(17)19/h1-5,9H,6-8,10,15H2,(H,16,18). The number of aromatic nitrogens is 1. The van der Waals surface area contributed by atoms with Gasteiger partial charge in [-0.15, -0.1) is 0 Å². The molecule has 1 aromatic carbocycles. The van der Waals surface area contributed by atoms with E-state index in [0.29, 0.717) is 25.0 Å². The van der Waals surface area contributed by atoms with Gasteiger partial charge in [-0.2, -0.15) is 0 Å². The van der Waals surface area contributed by atoms with Gasteiger partial charge < -0.3 is 15.6 Å². The molecule has 19 heavy (non-hydrogen) atoms. The molecule has 1 heterocycles. The zero-order valence-corrected chi connectivity index (χ0v) is 10.6. The quantitative estimate of drug-likeness (QED) is 0.819. The Morgan fingerprint density at radius 1 is 1.26 bits per heavy atom. The van der Waals surface area contributed by atoms with Crippen molar-refractivity contribution in [3.63, 3.8) is 0 Å². The van der Waals surface area contributed by atoms with E-state index in [1.807, 2.05) is 24.3 Å². The Labute approximate surface area is 111 Å². The number of pyridine rings is 1. The van der Waals surface area contributed by atoms with E-state index in [2.05, 4.69) is 5.32 Å². The maximum absolute atomic E-state index is 12.2. The number of nitrogens with one attached hydrogen (secondary N) is 1. The van der Waals surface area contributed by atoms with Gasteiger partial charge in [-0.1, -0.05) is 18.2 Å². The van der Waals surface area contributed by atoms with Gasteiger partial charge in [0.25, 0.3) is 5.56 Å². The molecule has 0 bridgehead atoms. The summed E-state index contributed by atoms with van der Waals surface area (Å²) in [5.41, 5.74) is 5.24. The summed E-state index contributed by atoms with van der Waals surface area (Å²) in [5.74, 6) is -0.0921. The molecule has 0 aliphatic heterocycles. The summed E-state index contributed by atoms with van der Waals surface area (Å²) in [7, 11) is 0. The first-order valence-electron chi connectivity index (χ1n) is 6.27. The van der Waals surface area contributed by atoms with Crippen molar-refractivity contribution in [1.29, 1.82) is 0 Å². The summed E-state index contributed by atoms with van der Waals surface area (Å²) < 4.78 is 1.56. The van der Waals surface area contributed by atoms with E-state index in [-0.39, 0.29) is 17.9 Å². The van der Waals surface area contributed by atoms with E-state index in [1.165, 1.54) is 0 Å². The monoisotopic (exact) mass is 259 g/mol. The lowest BCUT2D eigenvalue weighted by atomic mass is 10.2. The smallest absolute Gasteiger partial charge is 0.258 e. The summed E-state index contributed by atoms with van der Waals surface area (Å²) in [6.07, 6.45) is 2.00. The predicted molar refractivity (Wildman–Crippen MR) is 74.9 cm³/mol. The van der Waals surface area contributed by atoms with Crippen molar-refractivity contribution in [2.45, 2.75) is 13.0 Å². The fourth-order valence-electron chi connectivity index (χ4n) is 1.93. The van der Waals surface area contributed by atoms with Crippen LogP contribution in [0.15, 0.2) is 41.3 Å². The average Bonchev–Trinajstić information content (AvgIpc) is 2.44. The minimum absolute atomic E-state index is 0.0651. The van der Waals surface area contributed by atoms with Gasteiger partial charge in [0.05, 0.1) is 0 Å². The molecule has 0 atom stereocenters. The van der Waals surface area contributed by atoms with Crippen LogP contribution in [0.1, 0.15) is 6.42 Å². The molecule has 0 unspecified atom stereocenters. The molecular formula is C14H17N3O2. The molecule has 2 aromatic rings. The number of hydrogen-bond donors (Lipinski definition) is 2. The van der Waals surface area contributed by atoms with Crippen LogP contribution < -0.4 is 16.6 Å². The summed E-state index contributed by atoms with van der Waals surface area (Å²) in [6.45, 7) is 1.26. The summed E-state index contributed by atoms with van der Waals surface area (Å²) in [6, 6.07) is 9.31. The van der Waals surface area contributed by atoms with Crippen molar-refractivity contribution in [2.75, 3.05) is 13.1 Å². The lowest BCUT2D eigenvalue weighted by Crippen LogP contribution is -2.30. The van der Waals surface area contributed by atoms with E-state index in [4.69, 9.17) is 5.73 Å². The topological polar surface area (TPSA) is 77.1 Å². The van der Waals surface area contributed by atoms with Crippen molar-refractivity contribution >= 4 is 16.7 Å². The summed E-state index contributed by atoms with van der Waals surface area (Å²) >= 11 is 0. The lowest BCUT2D eigenvalue weighted by Gasteiger charge is -2.07. The first-order chi connectivity index (χ1) is 9.22. The zero-order valence-electron chi connectivity index (χ0n) is 10.6. The molecular weight excluding hydrogens is 242 g/mol. The highest BCUT2D eigenvalue weighted by molar-refractivity contribution is 5.81. The molecule has 5 heteroatoms. The van der Waals surface area contributed by atoms with Gasteiger partial charge in [0, 0.05) is 37.6 Å². The van der Waals surface area contributed by atoms with Crippen molar-refractivity contribution in [3.05, 3.63) is 46.9 Å². The first kappa shape index (κ1) is 13.3. The maximum atomic E-state index is 12.2. The summed E-state index contributed by atoms with van der Waals surface area (Å²) in [5, 5.41) is 4.27. The van der Waals surface area contributed by atoms with Crippen molar-refractivity contribution in [3.8, 4) is 0 Å². The van der Waals surface area contributed by atoms with Crippen molar-refractivity contribution in [1.82, 2.24) is 9.88 Å². The molecule has 1 amide bonds. The third-order valence-electron chi connectivity index (χ3n) is 2.93. The molecule has 3 N–H and O–H groups in total. The van der Waals surface area contributed by atoms with Crippen LogP contribution in [0, 0.1) is 0 Å². The van der Waals surface area contributed by atoms with E-state index in [1.54, 1.807) is 16.8 Å². The highest BCUT2D eigenvalue weighted by Crippen LogP contribution is 2.08. The number of rotatable bonds is 5. The second-order valence-corrected chi connectivity index (χ2v) is 4.29. The first-order valence-corrected chi connectivity index (χ1v) is 6.27. The number of amides is 1. The zero-order chi connectivity index (χ0) is 13.7. The Kier molecular flexibility index (Phi) is 4.30. The highest BCUT2D eigenvalue weighted by atomic mass is 16.1. The van der Waals surface area contributed by atoms with Crippen LogP contribution in [0.5, 0.6) is 0 Å². The van der Waals surface area contributed by atoms with E-state index in [0.717, 1.165) is 5.39 Å². The second kappa shape index (κ2) is 6.15. The molecule has 0 saturated carbocycles. The number of benzene rings is 1.